The van der Waals surface area contributed by atoms with E-state index in [9.17, 15) is 19.8 Å². The maximum absolute atomic E-state index is 12.1. The fraction of sp³-hybridized carbons (Fsp3) is 0.263. The smallest absolute Gasteiger partial charge is 0.342 e. The molecular weight excluding hydrogens is 322 g/mol. The van der Waals surface area contributed by atoms with E-state index < -0.39 is 24.2 Å². The maximum Gasteiger partial charge on any atom is 0.342 e. The number of phenols is 2. The van der Waals surface area contributed by atoms with Crippen LogP contribution in [0.2, 0.25) is 0 Å². The molecule has 1 amide bonds. The van der Waals surface area contributed by atoms with Crippen LogP contribution in [0.15, 0.2) is 42.5 Å². The molecule has 25 heavy (non-hydrogen) atoms. The van der Waals surface area contributed by atoms with Crippen LogP contribution in [0.4, 0.5) is 5.69 Å². The number of hydrogen-bond donors (Lipinski definition) is 3. The lowest BCUT2D eigenvalue weighted by atomic mass is 9.97. The lowest BCUT2D eigenvalue weighted by Crippen LogP contribution is -2.21. The van der Waals surface area contributed by atoms with Gasteiger partial charge in [-0.25, -0.2) is 4.79 Å². The van der Waals surface area contributed by atoms with Gasteiger partial charge in [0.1, 0.15) is 17.1 Å². The number of para-hydroxylation sites is 1. The first-order valence-electron chi connectivity index (χ1n) is 8.00. The molecule has 0 fully saturated rings. The molecule has 6 heteroatoms. The van der Waals surface area contributed by atoms with Crippen LogP contribution in [0, 0.1) is 0 Å². The highest BCUT2D eigenvalue weighted by Crippen LogP contribution is 2.26. The van der Waals surface area contributed by atoms with E-state index in [0.717, 1.165) is 18.1 Å². The zero-order valence-electron chi connectivity index (χ0n) is 14.2. The number of amides is 1. The largest absolute Gasteiger partial charge is 0.508 e. The molecule has 2 rings (SSSR count). The zero-order chi connectivity index (χ0) is 18.4. The third-order valence-electron chi connectivity index (χ3n) is 3.91. The van der Waals surface area contributed by atoms with E-state index in [2.05, 4.69) is 19.2 Å². The number of carbonyl (C=O) groups is 2. The van der Waals surface area contributed by atoms with Crippen molar-refractivity contribution in [2.75, 3.05) is 11.9 Å². The number of benzene rings is 2. The monoisotopic (exact) mass is 343 g/mol. The summed E-state index contributed by atoms with van der Waals surface area (Å²) in [6.45, 7) is 3.65. The molecule has 0 spiro atoms. The van der Waals surface area contributed by atoms with Gasteiger partial charge in [0.05, 0.1) is 0 Å². The summed E-state index contributed by atoms with van der Waals surface area (Å²) in [4.78, 5) is 24.0. The summed E-state index contributed by atoms with van der Waals surface area (Å²) in [5.74, 6) is -1.61. The molecule has 2 aromatic rings. The van der Waals surface area contributed by atoms with Crippen molar-refractivity contribution in [3.05, 3.63) is 53.6 Å². The first kappa shape index (κ1) is 18.3. The van der Waals surface area contributed by atoms with Gasteiger partial charge in [-0.15, -0.1) is 0 Å². The summed E-state index contributed by atoms with van der Waals surface area (Å²) in [5, 5.41) is 21.6. The van der Waals surface area contributed by atoms with E-state index in [-0.39, 0.29) is 17.2 Å². The fourth-order valence-corrected chi connectivity index (χ4v) is 2.35. The molecule has 2 aromatic carbocycles. The summed E-state index contributed by atoms with van der Waals surface area (Å²) >= 11 is 0. The Morgan fingerprint density at radius 2 is 1.88 bits per heavy atom. The first-order valence-corrected chi connectivity index (χ1v) is 8.00. The van der Waals surface area contributed by atoms with Crippen LogP contribution in [-0.4, -0.2) is 28.7 Å². The van der Waals surface area contributed by atoms with E-state index in [1.165, 1.54) is 12.1 Å². The minimum absolute atomic E-state index is 0.120. The highest BCUT2D eigenvalue weighted by atomic mass is 16.5. The molecule has 0 radical (unpaired) electrons. The van der Waals surface area contributed by atoms with Crippen LogP contribution in [0.1, 0.15) is 42.1 Å². The van der Waals surface area contributed by atoms with Gasteiger partial charge in [0, 0.05) is 11.8 Å². The standard InChI is InChI=1S/C19H21NO5/c1-3-12(2)14-6-4-5-7-16(14)20-18(23)11-25-19(24)15-9-8-13(21)10-17(15)22/h4-10,12,21-22H,3,11H2,1-2H3,(H,20,23)/t12-/m1/s1. The highest BCUT2D eigenvalue weighted by Gasteiger charge is 2.16. The topological polar surface area (TPSA) is 95.9 Å². The number of phenolic OH excluding ortho intramolecular Hbond substituents is 2. The number of ether oxygens (including phenoxy) is 1. The molecule has 3 N–H and O–H groups in total. The molecule has 0 bridgehead atoms. The van der Waals surface area contributed by atoms with Gasteiger partial charge in [0.2, 0.25) is 0 Å². The second-order valence-corrected chi connectivity index (χ2v) is 5.72. The number of esters is 1. The maximum atomic E-state index is 12.1. The lowest BCUT2D eigenvalue weighted by molar-refractivity contribution is -0.119. The van der Waals surface area contributed by atoms with Crippen molar-refractivity contribution in [3.63, 3.8) is 0 Å². The number of carbonyl (C=O) groups excluding carboxylic acids is 2. The number of anilines is 1. The molecule has 0 aliphatic rings. The molecule has 0 unspecified atom stereocenters. The van der Waals surface area contributed by atoms with E-state index in [1.807, 2.05) is 18.2 Å². The number of nitrogens with one attached hydrogen (secondary N) is 1. The number of hydrogen-bond acceptors (Lipinski definition) is 5. The van der Waals surface area contributed by atoms with Gasteiger partial charge in [0.25, 0.3) is 5.91 Å². The third kappa shape index (κ3) is 4.73. The third-order valence-corrected chi connectivity index (χ3v) is 3.91. The fourth-order valence-electron chi connectivity index (χ4n) is 2.35. The van der Waals surface area contributed by atoms with Gasteiger partial charge in [-0.2, -0.15) is 0 Å². The average Bonchev–Trinajstić information content (AvgIpc) is 2.59. The summed E-state index contributed by atoms with van der Waals surface area (Å²) < 4.78 is 4.92. The van der Waals surface area contributed by atoms with Crippen molar-refractivity contribution in [3.8, 4) is 11.5 Å². The second-order valence-electron chi connectivity index (χ2n) is 5.72. The predicted molar refractivity (Wildman–Crippen MR) is 93.8 cm³/mol. The Morgan fingerprint density at radius 1 is 1.16 bits per heavy atom. The van der Waals surface area contributed by atoms with Crippen molar-refractivity contribution in [1.82, 2.24) is 0 Å². The minimum atomic E-state index is -0.845. The minimum Gasteiger partial charge on any atom is -0.508 e. The molecule has 0 saturated carbocycles. The Hall–Kier alpha value is -3.02. The summed E-state index contributed by atoms with van der Waals surface area (Å²) in [5.41, 5.74) is 1.58. The molecular formula is C19H21NO5. The van der Waals surface area contributed by atoms with Gasteiger partial charge in [-0.3, -0.25) is 4.79 Å². The first-order chi connectivity index (χ1) is 11.9. The number of aromatic hydroxyl groups is 2. The average molecular weight is 343 g/mol. The van der Waals surface area contributed by atoms with Crippen LogP contribution < -0.4 is 5.32 Å². The zero-order valence-corrected chi connectivity index (χ0v) is 14.2. The molecule has 0 aliphatic heterocycles. The van der Waals surface area contributed by atoms with Crippen LogP contribution in [0.3, 0.4) is 0 Å². The molecule has 0 heterocycles. The molecule has 6 nitrogen and oxygen atoms in total. The quantitative estimate of drug-likeness (QED) is 0.699. The molecule has 0 aliphatic carbocycles. The number of rotatable bonds is 6. The van der Waals surface area contributed by atoms with Crippen molar-refractivity contribution in [1.29, 1.82) is 0 Å². The summed E-state index contributed by atoms with van der Waals surface area (Å²) in [7, 11) is 0. The summed E-state index contributed by atoms with van der Waals surface area (Å²) in [6, 6.07) is 11.0. The van der Waals surface area contributed by atoms with Crippen LogP contribution in [0.25, 0.3) is 0 Å². The van der Waals surface area contributed by atoms with Gasteiger partial charge in [0.15, 0.2) is 6.61 Å². The normalized spacial score (nSPS) is 11.6. The summed E-state index contributed by atoms with van der Waals surface area (Å²) in [6.07, 6.45) is 0.933. The SMILES string of the molecule is CC[C@@H](C)c1ccccc1NC(=O)COC(=O)c1ccc(O)cc1O. The van der Waals surface area contributed by atoms with Gasteiger partial charge in [-0.05, 0) is 36.1 Å². The Balaban J connectivity index is 1.98. The Labute approximate surface area is 146 Å². The van der Waals surface area contributed by atoms with Crippen molar-refractivity contribution in [2.24, 2.45) is 0 Å². The van der Waals surface area contributed by atoms with Crippen LogP contribution in [0.5, 0.6) is 11.5 Å². The predicted octanol–water partition coefficient (Wildman–Crippen LogP) is 3.41. The van der Waals surface area contributed by atoms with E-state index in [0.29, 0.717) is 5.69 Å². The van der Waals surface area contributed by atoms with Gasteiger partial charge < -0.3 is 20.3 Å². The lowest BCUT2D eigenvalue weighted by Gasteiger charge is -2.15. The van der Waals surface area contributed by atoms with Gasteiger partial charge in [-0.1, -0.05) is 32.0 Å². The molecule has 132 valence electrons. The van der Waals surface area contributed by atoms with Crippen molar-refractivity contribution in [2.45, 2.75) is 26.2 Å². The highest BCUT2D eigenvalue weighted by molar-refractivity contribution is 5.97. The van der Waals surface area contributed by atoms with Crippen molar-refractivity contribution < 1.29 is 24.5 Å². The molecule has 0 saturated heterocycles. The molecule has 1 atom stereocenters. The molecule has 0 aromatic heterocycles. The second kappa shape index (κ2) is 8.19. The Kier molecular flexibility index (Phi) is 6.00. The van der Waals surface area contributed by atoms with Crippen molar-refractivity contribution >= 4 is 17.6 Å². The Bertz CT molecular complexity index is 772. The van der Waals surface area contributed by atoms with Crippen LogP contribution in [-0.2, 0) is 9.53 Å². The van der Waals surface area contributed by atoms with E-state index >= 15 is 0 Å². The van der Waals surface area contributed by atoms with Gasteiger partial charge >= 0.3 is 5.97 Å². The Morgan fingerprint density at radius 3 is 2.56 bits per heavy atom. The van der Waals surface area contributed by atoms with Crippen LogP contribution >= 0.6 is 0 Å². The van der Waals surface area contributed by atoms with E-state index in [4.69, 9.17) is 4.74 Å². The van der Waals surface area contributed by atoms with E-state index in [1.54, 1.807) is 6.07 Å².